The zero-order valence-corrected chi connectivity index (χ0v) is 18.1. The summed E-state index contributed by atoms with van der Waals surface area (Å²) >= 11 is 6.12. The highest BCUT2D eigenvalue weighted by Gasteiger charge is 2.17. The molecule has 0 saturated heterocycles. The molecule has 0 radical (unpaired) electrons. The summed E-state index contributed by atoms with van der Waals surface area (Å²) in [4.78, 5) is 25.0. The fourth-order valence-electron chi connectivity index (χ4n) is 3.29. The molecular formula is C26H19ClN2O4. The summed E-state index contributed by atoms with van der Waals surface area (Å²) in [5.74, 6) is -1.05. The van der Waals surface area contributed by atoms with Gasteiger partial charge in [-0.2, -0.15) is 5.10 Å². The van der Waals surface area contributed by atoms with Crippen molar-refractivity contribution in [1.82, 2.24) is 5.43 Å². The fourth-order valence-corrected chi connectivity index (χ4v) is 3.50. The Morgan fingerprint density at radius 2 is 1.61 bits per heavy atom. The predicted octanol–water partition coefficient (Wildman–Crippen LogP) is 4.90. The number of nitrogens with one attached hydrogen (secondary N) is 1. The van der Waals surface area contributed by atoms with Crippen molar-refractivity contribution in [2.24, 2.45) is 5.10 Å². The first kappa shape index (κ1) is 22.2. The van der Waals surface area contributed by atoms with Crippen molar-refractivity contribution in [2.45, 2.75) is 6.10 Å². The Labute approximate surface area is 195 Å². The molecule has 4 rings (SSSR count). The summed E-state index contributed by atoms with van der Waals surface area (Å²) in [5.41, 5.74) is 3.50. The summed E-state index contributed by atoms with van der Waals surface area (Å²) in [6.45, 7) is 0. The van der Waals surface area contributed by atoms with E-state index < -0.39 is 18.0 Å². The van der Waals surface area contributed by atoms with Crippen LogP contribution >= 0.6 is 11.6 Å². The number of aliphatic hydroxyl groups is 1. The Kier molecular flexibility index (Phi) is 6.78. The third-order valence-electron chi connectivity index (χ3n) is 4.96. The SMILES string of the molecule is O=C(Oc1ccc2ccccc2c1/C=N\NC(=O)[C@@H](O)c1ccccc1)c1ccccc1Cl. The third-order valence-corrected chi connectivity index (χ3v) is 5.29. The maximum absolute atomic E-state index is 12.7. The number of carbonyl (C=O) groups excluding carboxylic acids is 2. The Morgan fingerprint density at radius 1 is 0.909 bits per heavy atom. The number of aliphatic hydroxyl groups excluding tert-OH is 1. The third kappa shape index (κ3) is 5.09. The van der Waals surface area contributed by atoms with Gasteiger partial charge in [0, 0.05) is 5.56 Å². The zero-order chi connectivity index (χ0) is 23.2. The number of hydrogen-bond acceptors (Lipinski definition) is 5. The molecule has 6 nitrogen and oxygen atoms in total. The van der Waals surface area contributed by atoms with Gasteiger partial charge in [-0.25, -0.2) is 10.2 Å². The van der Waals surface area contributed by atoms with Gasteiger partial charge in [-0.15, -0.1) is 0 Å². The smallest absolute Gasteiger partial charge is 0.345 e. The number of rotatable bonds is 6. The van der Waals surface area contributed by atoms with E-state index in [0.717, 1.165) is 10.8 Å². The second kappa shape index (κ2) is 10.1. The number of fused-ring (bicyclic) bond motifs is 1. The van der Waals surface area contributed by atoms with E-state index in [4.69, 9.17) is 16.3 Å². The zero-order valence-electron chi connectivity index (χ0n) is 17.3. The normalized spacial score (nSPS) is 11.9. The van der Waals surface area contributed by atoms with Gasteiger partial charge < -0.3 is 9.84 Å². The average Bonchev–Trinajstić information content (AvgIpc) is 2.85. The molecule has 164 valence electrons. The Morgan fingerprint density at radius 3 is 2.39 bits per heavy atom. The first-order valence-electron chi connectivity index (χ1n) is 10.1. The van der Waals surface area contributed by atoms with Crippen molar-refractivity contribution in [1.29, 1.82) is 0 Å². The van der Waals surface area contributed by atoms with E-state index in [-0.39, 0.29) is 16.3 Å². The van der Waals surface area contributed by atoms with Crippen LogP contribution in [0.15, 0.2) is 96.1 Å². The molecule has 0 unspecified atom stereocenters. The quantitative estimate of drug-likeness (QED) is 0.186. The molecule has 2 N–H and O–H groups in total. The number of hydrogen-bond donors (Lipinski definition) is 2. The molecule has 4 aromatic carbocycles. The molecule has 7 heteroatoms. The van der Waals surface area contributed by atoms with Gasteiger partial charge in [0.2, 0.25) is 0 Å². The Hall–Kier alpha value is -4.00. The minimum absolute atomic E-state index is 0.231. The van der Waals surface area contributed by atoms with Gasteiger partial charge in [0.15, 0.2) is 6.10 Å². The molecule has 0 spiro atoms. The first-order chi connectivity index (χ1) is 16.0. The van der Waals surface area contributed by atoms with Crippen molar-refractivity contribution < 1.29 is 19.4 Å². The van der Waals surface area contributed by atoms with Crippen LogP contribution in [-0.2, 0) is 4.79 Å². The van der Waals surface area contributed by atoms with Gasteiger partial charge in [-0.1, -0.05) is 84.4 Å². The van der Waals surface area contributed by atoms with Crippen LogP contribution in [0.1, 0.15) is 27.6 Å². The second-order valence-electron chi connectivity index (χ2n) is 7.12. The highest BCUT2D eigenvalue weighted by molar-refractivity contribution is 6.33. The van der Waals surface area contributed by atoms with Gasteiger partial charge in [0.1, 0.15) is 5.75 Å². The summed E-state index contributed by atoms with van der Waals surface area (Å²) in [6.07, 6.45) is 0.0149. The predicted molar refractivity (Wildman–Crippen MR) is 127 cm³/mol. The summed E-state index contributed by atoms with van der Waals surface area (Å²) in [5, 5.41) is 16.2. The molecule has 0 aliphatic carbocycles. The van der Waals surface area contributed by atoms with Gasteiger partial charge in [0.25, 0.3) is 5.91 Å². The summed E-state index contributed by atoms with van der Waals surface area (Å²) in [7, 11) is 0. The number of benzene rings is 4. The van der Waals surface area contributed by atoms with Crippen LogP contribution in [0.3, 0.4) is 0 Å². The monoisotopic (exact) mass is 458 g/mol. The molecule has 0 aliphatic rings. The topological polar surface area (TPSA) is 88.0 Å². The molecule has 0 bridgehead atoms. The Bertz CT molecular complexity index is 1340. The van der Waals surface area contributed by atoms with Crippen LogP contribution < -0.4 is 10.2 Å². The van der Waals surface area contributed by atoms with Crippen LogP contribution in [0.5, 0.6) is 5.75 Å². The minimum Gasteiger partial charge on any atom is -0.422 e. The number of ether oxygens (including phenoxy) is 1. The fraction of sp³-hybridized carbons (Fsp3) is 0.0385. The largest absolute Gasteiger partial charge is 0.422 e. The van der Waals surface area contributed by atoms with Crippen LogP contribution in [0.25, 0.3) is 10.8 Å². The van der Waals surface area contributed by atoms with Gasteiger partial charge in [-0.3, -0.25) is 4.79 Å². The summed E-state index contributed by atoms with van der Waals surface area (Å²) < 4.78 is 5.62. The van der Waals surface area contributed by atoms with Gasteiger partial charge in [0.05, 0.1) is 16.8 Å². The van der Waals surface area contributed by atoms with E-state index in [1.165, 1.54) is 6.21 Å². The number of amides is 1. The van der Waals surface area contributed by atoms with E-state index in [1.54, 1.807) is 60.7 Å². The van der Waals surface area contributed by atoms with Crippen molar-refractivity contribution in [2.75, 3.05) is 0 Å². The number of hydrazone groups is 1. The lowest BCUT2D eigenvalue weighted by Gasteiger charge is -2.12. The number of esters is 1. The molecule has 1 atom stereocenters. The summed E-state index contributed by atoms with van der Waals surface area (Å²) in [6, 6.07) is 26.1. The molecule has 4 aromatic rings. The first-order valence-corrected chi connectivity index (χ1v) is 10.5. The molecule has 0 saturated carbocycles. The van der Waals surface area contributed by atoms with E-state index in [2.05, 4.69) is 10.5 Å². The highest BCUT2D eigenvalue weighted by Crippen LogP contribution is 2.28. The lowest BCUT2D eigenvalue weighted by Crippen LogP contribution is -2.25. The van der Waals surface area contributed by atoms with Crippen molar-refractivity contribution in [3.8, 4) is 5.75 Å². The van der Waals surface area contributed by atoms with E-state index >= 15 is 0 Å². The van der Waals surface area contributed by atoms with Gasteiger partial charge in [-0.05, 0) is 34.5 Å². The molecule has 33 heavy (non-hydrogen) atoms. The molecule has 0 aromatic heterocycles. The van der Waals surface area contributed by atoms with Crippen molar-refractivity contribution >= 4 is 40.5 Å². The van der Waals surface area contributed by atoms with E-state index in [9.17, 15) is 14.7 Å². The maximum Gasteiger partial charge on any atom is 0.345 e. The van der Waals surface area contributed by atoms with Gasteiger partial charge >= 0.3 is 5.97 Å². The Balaban J connectivity index is 1.61. The minimum atomic E-state index is -1.37. The lowest BCUT2D eigenvalue weighted by molar-refractivity contribution is -0.129. The van der Waals surface area contributed by atoms with E-state index in [0.29, 0.717) is 11.1 Å². The maximum atomic E-state index is 12.7. The standard InChI is InChI=1S/C26H19ClN2O4/c27-22-13-7-6-12-20(22)26(32)33-23-15-14-17-8-4-5-11-19(17)21(23)16-28-29-25(31)24(30)18-9-2-1-3-10-18/h1-16,24,30H,(H,29,31)/b28-16-/t24-/m0/s1. The molecule has 1 amide bonds. The molecule has 0 fully saturated rings. The number of halogens is 1. The van der Waals surface area contributed by atoms with Crippen LogP contribution in [0.2, 0.25) is 5.02 Å². The average molecular weight is 459 g/mol. The second-order valence-corrected chi connectivity index (χ2v) is 7.52. The van der Waals surface area contributed by atoms with Crippen LogP contribution in [0, 0.1) is 0 Å². The van der Waals surface area contributed by atoms with Crippen LogP contribution in [-0.4, -0.2) is 23.2 Å². The van der Waals surface area contributed by atoms with Crippen LogP contribution in [0.4, 0.5) is 0 Å². The molecule has 0 aliphatic heterocycles. The number of nitrogens with zero attached hydrogens (tertiary/aromatic N) is 1. The highest BCUT2D eigenvalue weighted by atomic mass is 35.5. The van der Waals surface area contributed by atoms with Crippen molar-refractivity contribution in [3.63, 3.8) is 0 Å². The van der Waals surface area contributed by atoms with Crippen molar-refractivity contribution in [3.05, 3.63) is 113 Å². The molecular weight excluding hydrogens is 440 g/mol. The number of carbonyl (C=O) groups is 2. The van der Waals surface area contributed by atoms with E-state index in [1.807, 2.05) is 30.3 Å². The lowest BCUT2D eigenvalue weighted by atomic mass is 10.0. The molecule has 0 heterocycles.